The smallest absolute Gasteiger partial charge is 0.225 e. The third-order valence-electron chi connectivity index (χ3n) is 3.96. The van der Waals surface area contributed by atoms with Crippen molar-refractivity contribution in [3.05, 3.63) is 42.4 Å². The van der Waals surface area contributed by atoms with Crippen LogP contribution in [0, 0.1) is 0 Å². The molecule has 21 heavy (non-hydrogen) atoms. The minimum absolute atomic E-state index is 0.518. The molecule has 110 valence electrons. The number of aromatic nitrogens is 3. The van der Waals surface area contributed by atoms with E-state index >= 15 is 0 Å². The van der Waals surface area contributed by atoms with Gasteiger partial charge in [0, 0.05) is 51.7 Å². The van der Waals surface area contributed by atoms with E-state index in [-0.39, 0.29) is 0 Å². The molecule has 1 fully saturated rings. The van der Waals surface area contributed by atoms with E-state index in [1.54, 1.807) is 0 Å². The van der Waals surface area contributed by atoms with E-state index in [4.69, 9.17) is 0 Å². The van der Waals surface area contributed by atoms with E-state index in [9.17, 15) is 0 Å². The van der Waals surface area contributed by atoms with Crippen molar-refractivity contribution in [2.75, 3.05) is 37.0 Å². The van der Waals surface area contributed by atoms with Crippen LogP contribution in [0.5, 0.6) is 0 Å². The van der Waals surface area contributed by atoms with Gasteiger partial charge in [0.25, 0.3) is 0 Å². The lowest BCUT2D eigenvalue weighted by molar-refractivity contribution is 0.503. The zero-order valence-corrected chi connectivity index (χ0v) is 12.6. The predicted octanol–water partition coefficient (Wildman–Crippen LogP) is 2.32. The second kappa shape index (κ2) is 6.08. The first-order valence-corrected chi connectivity index (χ1v) is 7.39. The van der Waals surface area contributed by atoms with Crippen LogP contribution in [0.15, 0.2) is 36.8 Å². The van der Waals surface area contributed by atoms with Crippen LogP contribution in [0.4, 0.5) is 11.8 Å². The van der Waals surface area contributed by atoms with Gasteiger partial charge in [-0.25, -0.2) is 15.0 Å². The number of hydrogen-bond acceptors (Lipinski definition) is 5. The van der Waals surface area contributed by atoms with E-state index < -0.39 is 0 Å². The van der Waals surface area contributed by atoms with E-state index in [2.05, 4.69) is 32.0 Å². The zero-order valence-electron chi connectivity index (χ0n) is 12.6. The van der Waals surface area contributed by atoms with Gasteiger partial charge in [-0.05, 0) is 36.6 Å². The fourth-order valence-electron chi connectivity index (χ4n) is 2.82. The van der Waals surface area contributed by atoms with Gasteiger partial charge in [0.05, 0.1) is 0 Å². The SMILES string of the molecule is CN(C)c1cc([C@H]2CCCN(c3ncccn3)C2)ccn1. The summed E-state index contributed by atoms with van der Waals surface area (Å²) in [6.07, 6.45) is 7.90. The third kappa shape index (κ3) is 3.12. The highest BCUT2D eigenvalue weighted by Gasteiger charge is 2.23. The molecule has 0 aromatic carbocycles. The second-order valence-electron chi connectivity index (χ2n) is 5.68. The molecule has 2 aromatic heterocycles. The third-order valence-corrected chi connectivity index (χ3v) is 3.96. The predicted molar refractivity (Wildman–Crippen MR) is 84.8 cm³/mol. The fraction of sp³-hybridized carbons (Fsp3) is 0.438. The van der Waals surface area contributed by atoms with Crippen molar-refractivity contribution in [3.63, 3.8) is 0 Å². The Morgan fingerprint density at radius 3 is 2.71 bits per heavy atom. The van der Waals surface area contributed by atoms with Gasteiger partial charge in [-0.2, -0.15) is 0 Å². The second-order valence-corrected chi connectivity index (χ2v) is 5.68. The quantitative estimate of drug-likeness (QED) is 0.865. The van der Waals surface area contributed by atoms with Gasteiger partial charge in [0.1, 0.15) is 5.82 Å². The number of pyridine rings is 1. The Morgan fingerprint density at radius 1 is 1.14 bits per heavy atom. The number of piperidine rings is 1. The summed E-state index contributed by atoms with van der Waals surface area (Å²) < 4.78 is 0. The monoisotopic (exact) mass is 283 g/mol. The van der Waals surface area contributed by atoms with E-state index in [0.29, 0.717) is 5.92 Å². The fourth-order valence-corrected chi connectivity index (χ4v) is 2.82. The number of nitrogens with zero attached hydrogens (tertiary/aromatic N) is 5. The molecule has 0 aliphatic carbocycles. The van der Waals surface area contributed by atoms with Gasteiger partial charge < -0.3 is 9.80 Å². The average molecular weight is 283 g/mol. The average Bonchev–Trinajstić information content (AvgIpc) is 2.56. The molecule has 1 saturated heterocycles. The largest absolute Gasteiger partial charge is 0.363 e. The Balaban J connectivity index is 1.78. The molecule has 1 aliphatic heterocycles. The molecule has 1 aliphatic rings. The molecular formula is C16H21N5. The van der Waals surface area contributed by atoms with Gasteiger partial charge in [-0.3, -0.25) is 0 Å². The minimum atomic E-state index is 0.518. The van der Waals surface area contributed by atoms with Crippen LogP contribution in [0.1, 0.15) is 24.3 Å². The maximum Gasteiger partial charge on any atom is 0.225 e. The number of anilines is 2. The van der Waals surface area contributed by atoms with Crippen LogP contribution in [0.3, 0.4) is 0 Å². The van der Waals surface area contributed by atoms with Crippen LogP contribution in [-0.2, 0) is 0 Å². The first-order valence-electron chi connectivity index (χ1n) is 7.39. The Bertz CT molecular complexity index is 584. The summed E-state index contributed by atoms with van der Waals surface area (Å²) in [5.74, 6) is 2.37. The number of hydrogen-bond donors (Lipinski definition) is 0. The molecule has 0 spiro atoms. The lowest BCUT2D eigenvalue weighted by Gasteiger charge is -2.33. The van der Waals surface area contributed by atoms with E-state index in [1.165, 1.54) is 18.4 Å². The Morgan fingerprint density at radius 2 is 1.95 bits per heavy atom. The summed E-state index contributed by atoms with van der Waals surface area (Å²) in [5.41, 5.74) is 1.36. The molecule has 1 atom stereocenters. The molecule has 3 rings (SSSR count). The molecule has 3 heterocycles. The lowest BCUT2D eigenvalue weighted by atomic mass is 9.91. The van der Waals surface area contributed by atoms with Crippen LogP contribution >= 0.6 is 0 Å². The van der Waals surface area contributed by atoms with Crippen LogP contribution < -0.4 is 9.80 Å². The summed E-state index contributed by atoms with van der Waals surface area (Å²) >= 11 is 0. The minimum Gasteiger partial charge on any atom is -0.363 e. The molecule has 0 saturated carbocycles. The summed E-state index contributed by atoms with van der Waals surface area (Å²) in [5, 5.41) is 0. The molecule has 0 N–H and O–H groups in total. The summed E-state index contributed by atoms with van der Waals surface area (Å²) in [4.78, 5) is 17.5. The maximum absolute atomic E-state index is 4.40. The maximum atomic E-state index is 4.40. The van der Waals surface area contributed by atoms with Crippen molar-refractivity contribution < 1.29 is 0 Å². The molecule has 0 radical (unpaired) electrons. The highest BCUT2D eigenvalue weighted by molar-refractivity contribution is 5.41. The van der Waals surface area contributed by atoms with Gasteiger partial charge in [0.15, 0.2) is 0 Å². The van der Waals surface area contributed by atoms with Gasteiger partial charge in [-0.1, -0.05) is 0 Å². The summed E-state index contributed by atoms with van der Waals surface area (Å²) in [6, 6.07) is 6.18. The summed E-state index contributed by atoms with van der Waals surface area (Å²) in [6.45, 7) is 2.01. The Hall–Kier alpha value is -2.17. The molecule has 0 unspecified atom stereocenters. The first kappa shape index (κ1) is 13.8. The molecule has 2 aromatic rings. The van der Waals surface area contributed by atoms with Crippen molar-refractivity contribution in [3.8, 4) is 0 Å². The zero-order chi connectivity index (χ0) is 14.7. The van der Waals surface area contributed by atoms with Crippen LogP contribution in [-0.4, -0.2) is 42.1 Å². The van der Waals surface area contributed by atoms with Gasteiger partial charge in [-0.15, -0.1) is 0 Å². The Labute approximate surface area is 125 Å². The molecule has 5 heteroatoms. The van der Waals surface area contributed by atoms with Crippen LogP contribution in [0.2, 0.25) is 0 Å². The van der Waals surface area contributed by atoms with E-state index in [1.807, 2.05) is 43.7 Å². The molecular weight excluding hydrogens is 262 g/mol. The van der Waals surface area contributed by atoms with E-state index in [0.717, 1.165) is 24.9 Å². The van der Waals surface area contributed by atoms with Crippen molar-refractivity contribution in [1.82, 2.24) is 15.0 Å². The highest BCUT2D eigenvalue weighted by atomic mass is 15.2. The molecule has 0 amide bonds. The first-order chi connectivity index (χ1) is 10.2. The van der Waals surface area contributed by atoms with Crippen LogP contribution in [0.25, 0.3) is 0 Å². The van der Waals surface area contributed by atoms with Crippen molar-refractivity contribution in [2.24, 2.45) is 0 Å². The van der Waals surface area contributed by atoms with Crippen molar-refractivity contribution >= 4 is 11.8 Å². The standard InChI is InChI=1S/C16H21N5/c1-20(2)15-11-13(6-9-17-15)14-5-3-10-21(12-14)16-18-7-4-8-19-16/h4,6-9,11,14H,3,5,10,12H2,1-2H3/t14-/m0/s1. The molecule has 0 bridgehead atoms. The summed E-state index contributed by atoms with van der Waals surface area (Å²) in [7, 11) is 4.05. The van der Waals surface area contributed by atoms with Crippen molar-refractivity contribution in [1.29, 1.82) is 0 Å². The van der Waals surface area contributed by atoms with Gasteiger partial charge in [0.2, 0.25) is 5.95 Å². The topological polar surface area (TPSA) is 45.2 Å². The van der Waals surface area contributed by atoms with Gasteiger partial charge >= 0.3 is 0 Å². The molecule has 5 nitrogen and oxygen atoms in total. The lowest BCUT2D eigenvalue weighted by Crippen LogP contribution is -2.35. The normalized spacial score (nSPS) is 18.6. The van der Waals surface area contributed by atoms with Crippen molar-refractivity contribution in [2.45, 2.75) is 18.8 Å². The Kier molecular flexibility index (Phi) is 3.99. The highest BCUT2D eigenvalue weighted by Crippen LogP contribution is 2.29. The number of rotatable bonds is 3.